The summed E-state index contributed by atoms with van der Waals surface area (Å²) >= 11 is 0. The fourth-order valence-electron chi connectivity index (χ4n) is 2.73. The Kier molecular flexibility index (Phi) is 6.42. The molecule has 0 aliphatic carbocycles. The first-order valence-electron chi connectivity index (χ1n) is 7.83. The summed E-state index contributed by atoms with van der Waals surface area (Å²) in [4.78, 5) is 0. The van der Waals surface area contributed by atoms with Crippen molar-refractivity contribution in [2.24, 2.45) is 5.73 Å². The van der Waals surface area contributed by atoms with Gasteiger partial charge in [-0.1, -0.05) is 60.7 Å². The molecular formula is C21H22ClNO. The molecule has 0 saturated carbocycles. The molecule has 2 N–H and O–H groups in total. The Bertz CT molecular complexity index is 773. The fourth-order valence-corrected chi connectivity index (χ4v) is 2.73. The lowest BCUT2D eigenvalue weighted by atomic mass is 9.99. The molecule has 3 rings (SSSR count). The Morgan fingerprint density at radius 3 is 2.08 bits per heavy atom. The zero-order valence-corrected chi connectivity index (χ0v) is 14.6. The Morgan fingerprint density at radius 2 is 1.46 bits per heavy atom. The number of hydrogen-bond acceptors (Lipinski definition) is 2. The topological polar surface area (TPSA) is 35.2 Å². The van der Waals surface area contributed by atoms with Gasteiger partial charge >= 0.3 is 0 Å². The molecule has 0 radical (unpaired) electrons. The van der Waals surface area contributed by atoms with Crippen LogP contribution in [0.1, 0.15) is 16.7 Å². The lowest BCUT2D eigenvalue weighted by Gasteiger charge is -2.16. The van der Waals surface area contributed by atoms with Gasteiger partial charge in [0.15, 0.2) is 0 Å². The third-order valence-corrected chi connectivity index (χ3v) is 3.90. The van der Waals surface area contributed by atoms with E-state index in [1.165, 1.54) is 11.1 Å². The molecule has 2 nitrogen and oxygen atoms in total. The van der Waals surface area contributed by atoms with E-state index >= 15 is 0 Å². The van der Waals surface area contributed by atoms with Gasteiger partial charge in [0.25, 0.3) is 0 Å². The molecule has 0 atom stereocenters. The van der Waals surface area contributed by atoms with E-state index in [1.54, 1.807) is 0 Å². The van der Waals surface area contributed by atoms with Gasteiger partial charge in [-0.15, -0.1) is 12.4 Å². The third kappa shape index (κ3) is 4.16. The normalized spacial score (nSPS) is 10.1. The van der Waals surface area contributed by atoms with E-state index in [4.69, 9.17) is 10.5 Å². The van der Waals surface area contributed by atoms with Crippen LogP contribution in [0.2, 0.25) is 0 Å². The molecule has 0 amide bonds. The number of nitrogens with two attached hydrogens (primary N) is 1. The first-order chi connectivity index (χ1) is 11.3. The molecule has 0 saturated heterocycles. The summed E-state index contributed by atoms with van der Waals surface area (Å²) in [5, 5.41) is 0. The van der Waals surface area contributed by atoms with Gasteiger partial charge in [-0.25, -0.2) is 0 Å². The SMILES string of the molecule is Cc1cc(-c2ccccc2)cc(CN)c1OCc1ccccc1.Cl. The van der Waals surface area contributed by atoms with Crippen molar-refractivity contribution in [2.45, 2.75) is 20.1 Å². The highest BCUT2D eigenvalue weighted by Gasteiger charge is 2.10. The van der Waals surface area contributed by atoms with Crippen molar-refractivity contribution in [1.29, 1.82) is 0 Å². The van der Waals surface area contributed by atoms with Gasteiger partial charge in [0, 0.05) is 12.1 Å². The molecule has 0 aromatic heterocycles. The second kappa shape index (κ2) is 8.53. The van der Waals surface area contributed by atoms with Crippen LogP contribution < -0.4 is 10.5 Å². The van der Waals surface area contributed by atoms with E-state index in [-0.39, 0.29) is 12.4 Å². The van der Waals surface area contributed by atoms with Crippen LogP contribution in [0.5, 0.6) is 5.75 Å². The fraction of sp³-hybridized carbons (Fsp3) is 0.143. The average molecular weight is 340 g/mol. The zero-order valence-electron chi connectivity index (χ0n) is 13.7. The first kappa shape index (κ1) is 18.1. The minimum absolute atomic E-state index is 0. The van der Waals surface area contributed by atoms with Crippen LogP contribution in [-0.2, 0) is 13.2 Å². The summed E-state index contributed by atoms with van der Waals surface area (Å²) in [7, 11) is 0. The van der Waals surface area contributed by atoms with Gasteiger partial charge in [-0.2, -0.15) is 0 Å². The molecule has 0 fully saturated rings. The number of ether oxygens (including phenoxy) is 1. The van der Waals surface area contributed by atoms with Gasteiger partial charge in [-0.05, 0) is 41.3 Å². The number of aryl methyl sites for hydroxylation is 1. The Morgan fingerprint density at radius 1 is 0.833 bits per heavy atom. The van der Waals surface area contributed by atoms with Crippen molar-refractivity contribution in [2.75, 3.05) is 0 Å². The van der Waals surface area contributed by atoms with Crippen LogP contribution in [0.15, 0.2) is 72.8 Å². The van der Waals surface area contributed by atoms with Gasteiger partial charge in [0.2, 0.25) is 0 Å². The van der Waals surface area contributed by atoms with Crippen LogP contribution in [0.4, 0.5) is 0 Å². The predicted octanol–water partition coefficient (Wildman–Crippen LogP) is 5.12. The number of benzene rings is 3. The van der Waals surface area contributed by atoms with Gasteiger partial charge in [0.1, 0.15) is 12.4 Å². The summed E-state index contributed by atoms with van der Waals surface area (Å²) in [6.07, 6.45) is 0. The molecule has 124 valence electrons. The third-order valence-electron chi connectivity index (χ3n) is 3.90. The van der Waals surface area contributed by atoms with Crippen LogP contribution in [-0.4, -0.2) is 0 Å². The number of hydrogen-bond donors (Lipinski definition) is 1. The van der Waals surface area contributed by atoms with E-state index in [0.29, 0.717) is 13.2 Å². The van der Waals surface area contributed by atoms with Crippen LogP contribution in [0.3, 0.4) is 0 Å². The highest BCUT2D eigenvalue weighted by Crippen LogP contribution is 2.31. The molecule has 0 heterocycles. The summed E-state index contributed by atoms with van der Waals surface area (Å²) in [6, 6.07) is 24.8. The van der Waals surface area contributed by atoms with Crippen molar-refractivity contribution >= 4 is 12.4 Å². The summed E-state index contributed by atoms with van der Waals surface area (Å²) in [5.41, 5.74) is 11.6. The Balaban J connectivity index is 0.00000208. The number of rotatable bonds is 5. The van der Waals surface area contributed by atoms with Gasteiger partial charge < -0.3 is 10.5 Å². The van der Waals surface area contributed by atoms with Gasteiger partial charge in [0.05, 0.1) is 0 Å². The van der Waals surface area contributed by atoms with Crippen LogP contribution in [0.25, 0.3) is 11.1 Å². The molecule has 24 heavy (non-hydrogen) atoms. The second-order valence-electron chi connectivity index (χ2n) is 5.63. The molecule has 3 heteroatoms. The summed E-state index contributed by atoms with van der Waals surface area (Å²) < 4.78 is 6.06. The first-order valence-corrected chi connectivity index (χ1v) is 7.83. The van der Waals surface area contributed by atoms with Crippen molar-refractivity contribution in [3.05, 3.63) is 89.5 Å². The Hall–Kier alpha value is -2.29. The maximum absolute atomic E-state index is 6.06. The lowest BCUT2D eigenvalue weighted by molar-refractivity contribution is 0.301. The molecule has 0 bridgehead atoms. The lowest BCUT2D eigenvalue weighted by Crippen LogP contribution is -2.05. The standard InChI is InChI=1S/C21H21NO.ClH/c1-16-12-19(18-10-6-3-7-11-18)13-20(14-22)21(16)23-15-17-8-4-2-5-9-17;/h2-13H,14-15,22H2,1H3;1H. The Labute approximate surface area is 149 Å². The minimum Gasteiger partial charge on any atom is -0.488 e. The average Bonchev–Trinajstić information content (AvgIpc) is 2.61. The van der Waals surface area contributed by atoms with E-state index < -0.39 is 0 Å². The summed E-state index contributed by atoms with van der Waals surface area (Å²) in [5.74, 6) is 0.899. The summed E-state index contributed by atoms with van der Waals surface area (Å²) in [6.45, 7) is 3.09. The van der Waals surface area contributed by atoms with Crippen LogP contribution >= 0.6 is 12.4 Å². The van der Waals surface area contributed by atoms with E-state index in [9.17, 15) is 0 Å². The quantitative estimate of drug-likeness (QED) is 0.700. The van der Waals surface area contributed by atoms with Gasteiger partial charge in [-0.3, -0.25) is 0 Å². The highest BCUT2D eigenvalue weighted by molar-refractivity contribution is 5.85. The van der Waals surface area contributed by atoms with Crippen molar-refractivity contribution in [3.63, 3.8) is 0 Å². The molecule has 3 aromatic rings. The molecular weight excluding hydrogens is 318 g/mol. The molecule has 3 aromatic carbocycles. The molecule has 0 unspecified atom stereocenters. The van der Waals surface area contributed by atoms with E-state index in [0.717, 1.165) is 22.4 Å². The largest absolute Gasteiger partial charge is 0.488 e. The second-order valence-corrected chi connectivity index (χ2v) is 5.63. The van der Waals surface area contributed by atoms with E-state index in [2.05, 4.69) is 43.3 Å². The smallest absolute Gasteiger partial charge is 0.127 e. The minimum atomic E-state index is 0. The maximum Gasteiger partial charge on any atom is 0.127 e. The highest BCUT2D eigenvalue weighted by atomic mass is 35.5. The van der Waals surface area contributed by atoms with E-state index in [1.807, 2.05) is 36.4 Å². The number of halogens is 1. The zero-order chi connectivity index (χ0) is 16.1. The van der Waals surface area contributed by atoms with Crippen molar-refractivity contribution in [1.82, 2.24) is 0 Å². The van der Waals surface area contributed by atoms with Crippen LogP contribution in [0, 0.1) is 6.92 Å². The van der Waals surface area contributed by atoms with Crippen molar-refractivity contribution in [3.8, 4) is 16.9 Å². The molecule has 0 aliphatic rings. The van der Waals surface area contributed by atoms with Crippen molar-refractivity contribution < 1.29 is 4.74 Å². The monoisotopic (exact) mass is 339 g/mol. The maximum atomic E-state index is 6.06. The predicted molar refractivity (Wildman–Crippen MR) is 103 cm³/mol. The molecule has 0 aliphatic heterocycles. The molecule has 0 spiro atoms.